The number of nitrogens with two attached hydrogens (primary N) is 1. The highest BCUT2D eigenvalue weighted by Gasteiger charge is 2.32. The van der Waals surface area contributed by atoms with Crippen LogP contribution in [0.3, 0.4) is 0 Å². The molecule has 0 aliphatic heterocycles. The van der Waals surface area contributed by atoms with Crippen LogP contribution in [0.15, 0.2) is 0 Å². The van der Waals surface area contributed by atoms with Crippen LogP contribution in [0.2, 0.25) is 0 Å². The number of hydrazine groups is 1. The number of carbonyl (C=O) groups excluding carboxylic acids is 4. The van der Waals surface area contributed by atoms with Crippen molar-refractivity contribution >= 4 is 23.8 Å². The summed E-state index contributed by atoms with van der Waals surface area (Å²) in [7, 11) is 0. The summed E-state index contributed by atoms with van der Waals surface area (Å²) in [5.41, 5.74) is 0.887. The molecule has 0 aliphatic rings. The lowest BCUT2D eigenvalue weighted by Gasteiger charge is -2.26. The zero-order valence-corrected chi connectivity index (χ0v) is 16.2. The zero-order chi connectivity index (χ0) is 22.1. The van der Waals surface area contributed by atoms with E-state index < -0.39 is 66.9 Å². The molecule has 4 atom stereocenters. The van der Waals surface area contributed by atoms with Gasteiger partial charge in [-0.2, -0.15) is 0 Å². The van der Waals surface area contributed by atoms with E-state index in [1.54, 1.807) is 26.2 Å². The number of hydrogen-bond acceptors (Lipinski definition) is 9. The van der Waals surface area contributed by atoms with Gasteiger partial charge in [0.1, 0.15) is 23.7 Å². The summed E-state index contributed by atoms with van der Waals surface area (Å²) in [5.74, 6) is 2.03. The number of ether oxygens (including phenoxy) is 1. The third-order valence-corrected chi connectivity index (χ3v) is 3.21. The van der Waals surface area contributed by atoms with Gasteiger partial charge >= 0.3 is 6.09 Å². The maximum Gasteiger partial charge on any atom is 0.408 e. The molecular weight excluding hydrogens is 378 g/mol. The molecule has 0 aromatic rings. The Morgan fingerprint density at radius 2 is 1.39 bits per heavy atom. The van der Waals surface area contributed by atoms with Crippen molar-refractivity contribution in [1.29, 1.82) is 0 Å². The van der Waals surface area contributed by atoms with Gasteiger partial charge in [-0.15, -0.1) is 0 Å². The second-order valence-electron chi connectivity index (χ2n) is 6.86. The fourth-order valence-corrected chi connectivity index (χ4v) is 1.86. The predicted octanol–water partition coefficient (Wildman–Crippen LogP) is -3.80. The largest absolute Gasteiger partial charge is 0.444 e. The van der Waals surface area contributed by atoms with E-state index in [4.69, 9.17) is 15.7 Å². The lowest BCUT2D eigenvalue weighted by Crippen LogP contribution is -2.60. The Kier molecular flexibility index (Phi) is 10.4. The predicted molar refractivity (Wildman–Crippen MR) is 95.2 cm³/mol. The first-order chi connectivity index (χ1) is 12.9. The number of rotatable bonds is 9. The molecule has 0 spiro atoms. The molecule has 9 N–H and O–H groups in total. The Hall–Kier alpha value is -2.48. The van der Waals surface area contributed by atoms with Crippen molar-refractivity contribution in [2.45, 2.75) is 57.5 Å². The summed E-state index contributed by atoms with van der Waals surface area (Å²) in [4.78, 5) is 47.6. The minimum atomic E-state index is -1.53. The molecule has 0 fully saturated rings. The SMILES string of the molecule is C[C@@H](O)[C@H](NC(=O)OC(C)(C)C)C(=O)N[C@@H](CO)C(=O)N[C@@H](CO)C(=O)NN. The minimum absolute atomic E-state index is 0.780. The Morgan fingerprint density at radius 1 is 0.929 bits per heavy atom. The second-order valence-corrected chi connectivity index (χ2v) is 6.86. The van der Waals surface area contributed by atoms with Gasteiger partial charge in [-0.1, -0.05) is 0 Å². The van der Waals surface area contributed by atoms with E-state index >= 15 is 0 Å². The molecule has 162 valence electrons. The molecule has 0 saturated carbocycles. The van der Waals surface area contributed by atoms with Gasteiger partial charge in [0.05, 0.1) is 19.3 Å². The number of carbonyl (C=O) groups is 4. The van der Waals surface area contributed by atoms with Crippen LogP contribution >= 0.6 is 0 Å². The topological polar surface area (TPSA) is 212 Å². The van der Waals surface area contributed by atoms with Crippen LogP contribution in [-0.2, 0) is 19.1 Å². The van der Waals surface area contributed by atoms with Crippen molar-refractivity contribution < 1.29 is 39.2 Å². The Bertz CT molecular complexity index is 563. The fraction of sp³-hybridized carbons (Fsp3) is 0.733. The molecule has 13 nitrogen and oxygen atoms in total. The van der Waals surface area contributed by atoms with Crippen LogP contribution in [0.4, 0.5) is 4.79 Å². The van der Waals surface area contributed by atoms with Crippen molar-refractivity contribution in [1.82, 2.24) is 21.4 Å². The van der Waals surface area contributed by atoms with E-state index in [1.165, 1.54) is 6.92 Å². The smallest absolute Gasteiger partial charge is 0.408 e. The molecular formula is C15H29N5O8. The summed E-state index contributed by atoms with van der Waals surface area (Å²) in [6.45, 7) is 4.39. The molecule has 0 bridgehead atoms. The fourth-order valence-electron chi connectivity index (χ4n) is 1.86. The van der Waals surface area contributed by atoms with Crippen molar-refractivity contribution in [3.63, 3.8) is 0 Å². The lowest BCUT2D eigenvalue weighted by molar-refractivity contribution is -0.134. The summed E-state index contributed by atoms with van der Waals surface area (Å²) in [5, 5.41) is 34.6. The van der Waals surface area contributed by atoms with Gasteiger partial charge in [-0.3, -0.25) is 19.8 Å². The molecule has 0 radical (unpaired) electrons. The highest BCUT2D eigenvalue weighted by molar-refractivity contribution is 5.94. The first-order valence-corrected chi connectivity index (χ1v) is 8.36. The molecule has 0 unspecified atom stereocenters. The van der Waals surface area contributed by atoms with E-state index in [2.05, 4.69) is 16.0 Å². The maximum atomic E-state index is 12.3. The van der Waals surface area contributed by atoms with Crippen molar-refractivity contribution in [3.8, 4) is 0 Å². The summed E-state index contributed by atoms with van der Waals surface area (Å²) in [6, 6.07) is -4.43. The van der Waals surface area contributed by atoms with Crippen molar-refractivity contribution in [2.24, 2.45) is 5.84 Å². The van der Waals surface area contributed by atoms with Gasteiger partial charge in [-0.05, 0) is 27.7 Å². The first-order valence-electron chi connectivity index (χ1n) is 8.36. The third-order valence-electron chi connectivity index (χ3n) is 3.21. The van der Waals surface area contributed by atoms with Crippen molar-refractivity contribution in [3.05, 3.63) is 0 Å². The summed E-state index contributed by atoms with van der Waals surface area (Å²) in [6.07, 6.45) is -2.33. The Labute approximate surface area is 162 Å². The van der Waals surface area contributed by atoms with Crippen LogP contribution in [0, 0.1) is 0 Å². The quantitative estimate of drug-likeness (QED) is 0.107. The van der Waals surface area contributed by atoms with E-state index in [1.807, 2.05) is 0 Å². The molecule has 4 amide bonds. The third kappa shape index (κ3) is 8.94. The number of aliphatic hydroxyl groups is 3. The number of aliphatic hydroxyl groups excluding tert-OH is 3. The first kappa shape index (κ1) is 25.5. The summed E-state index contributed by atoms with van der Waals surface area (Å²) >= 11 is 0. The molecule has 0 aromatic carbocycles. The monoisotopic (exact) mass is 407 g/mol. The number of hydrogen-bond donors (Lipinski definition) is 8. The van der Waals surface area contributed by atoms with Gasteiger partial charge < -0.3 is 36.0 Å². The van der Waals surface area contributed by atoms with Gasteiger partial charge in [-0.25, -0.2) is 10.6 Å². The molecule has 0 aromatic heterocycles. The van der Waals surface area contributed by atoms with Crippen molar-refractivity contribution in [2.75, 3.05) is 13.2 Å². The highest BCUT2D eigenvalue weighted by Crippen LogP contribution is 2.07. The normalized spacial score (nSPS) is 15.4. The number of nitrogens with one attached hydrogen (secondary N) is 4. The number of alkyl carbamates (subject to hydrolysis) is 1. The molecule has 13 heteroatoms. The van der Waals surface area contributed by atoms with Gasteiger partial charge in [0.25, 0.3) is 5.91 Å². The van der Waals surface area contributed by atoms with Crippen LogP contribution in [-0.4, -0.2) is 82.2 Å². The highest BCUT2D eigenvalue weighted by atomic mass is 16.6. The molecule has 28 heavy (non-hydrogen) atoms. The lowest BCUT2D eigenvalue weighted by atomic mass is 10.1. The Balaban J connectivity index is 5.08. The minimum Gasteiger partial charge on any atom is -0.444 e. The van der Waals surface area contributed by atoms with Crippen LogP contribution < -0.4 is 27.2 Å². The van der Waals surface area contributed by atoms with E-state index in [9.17, 15) is 29.4 Å². The standard InChI is InChI=1S/C15H29N5O8/c1-7(23)10(19-14(27)28-15(2,3)4)13(26)18-8(5-21)11(24)17-9(6-22)12(25)20-16/h7-10,21-23H,5-6,16H2,1-4H3,(H,17,24)(H,18,26)(H,19,27)(H,20,25)/t7-,8+,9+,10+/m1/s1. The van der Waals surface area contributed by atoms with E-state index in [-0.39, 0.29) is 0 Å². The van der Waals surface area contributed by atoms with Gasteiger partial charge in [0, 0.05) is 0 Å². The molecule has 0 rings (SSSR count). The van der Waals surface area contributed by atoms with Gasteiger partial charge in [0.15, 0.2) is 0 Å². The summed E-state index contributed by atoms with van der Waals surface area (Å²) < 4.78 is 5.00. The number of amides is 4. The maximum absolute atomic E-state index is 12.3. The van der Waals surface area contributed by atoms with E-state index in [0.717, 1.165) is 0 Å². The second kappa shape index (κ2) is 11.4. The Morgan fingerprint density at radius 3 is 1.79 bits per heavy atom. The molecule has 0 heterocycles. The van der Waals surface area contributed by atoms with E-state index in [0.29, 0.717) is 0 Å². The zero-order valence-electron chi connectivity index (χ0n) is 16.2. The molecule has 0 aliphatic carbocycles. The van der Waals surface area contributed by atoms with Crippen LogP contribution in [0.25, 0.3) is 0 Å². The average molecular weight is 407 g/mol. The van der Waals surface area contributed by atoms with Crippen LogP contribution in [0.1, 0.15) is 27.7 Å². The van der Waals surface area contributed by atoms with Crippen LogP contribution in [0.5, 0.6) is 0 Å². The molecule has 0 saturated heterocycles. The average Bonchev–Trinajstić information content (AvgIpc) is 2.59. The van der Waals surface area contributed by atoms with Gasteiger partial charge in [0.2, 0.25) is 11.8 Å².